The smallest absolute Gasteiger partial charge is 0.230 e. The molecule has 1 saturated heterocycles. The van der Waals surface area contributed by atoms with Crippen LogP contribution in [-0.4, -0.2) is 58.8 Å². The fourth-order valence-corrected chi connectivity index (χ4v) is 3.61. The maximum atomic E-state index is 13.2. The van der Waals surface area contributed by atoms with Crippen molar-refractivity contribution >= 4 is 17.7 Å². The molecule has 3 N–H and O–H groups in total. The molecular weight excluding hydrogens is 357 g/mol. The number of benzene rings is 1. The van der Waals surface area contributed by atoms with Crippen molar-refractivity contribution in [1.82, 2.24) is 14.8 Å². The zero-order valence-corrected chi connectivity index (χ0v) is 15.5. The molecule has 26 heavy (non-hydrogen) atoms. The minimum Gasteiger partial charge on any atom is -0.370 e. The van der Waals surface area contributed by atoms with E-state index in [1.807, 2.05) is 4.57 Å². The van der Waals surface area contributed by atoms with Gasteiger partial charge in [0, 0.05) is 5.56 Å². The van der Waals surface area contributed by atoms with E-state index in [1.54, 1.807) is 19.1 Å². The Morgan fingerprint density at radius 3 is 2.69 bits per heavy atom. The number of hydrogen-bond acceptors (Lipinski definition) is 5. The number of halogens is 1. The molecule has 1 amide bonds. The van der Waals surface area contributed by atoms with E-state index in [-0.39, 0.29) is 5.82 Å². The number of rotatable bonds is 7. The summed E-state index contributed by atoms with van der Waals surface area (Å²) in [5.74, 6) is -0.0296. The predicted octanol–water partition coefficient (Wildman–Crippen LogP) is -0.0348. The molecule has 1 atom stereocenters. The Labute approximate surface area is 155 Å². The first kappa shape index (κ1) is 18.8. The normalized spacial score (nSPS) is 16.5. The highest BCUT2D eigenvalue weighted by atomic mass is 32.2. The van der Waals surface area contributed by atoms with Gasteiger partial charge < -0.3 is 15.4 Å². The topological polar surface area (TPSA) is 87.5 Å². The van der Waals surface area contributed by atoms with Crippen molar-refractivity contribution in [2.45, 2.75) is 23.9 Å². The highest BCUT2D eigenvalue weighted by Crippen LogP contribution is 2.26. The second kappa shape index (κ2) is 8.61. The van der Waals surface area contributed by atoms with Gasteiger partial charge in [-0.3, -0.25) is 9.36 Å². The fourth-order valence-electron chi connectivity index (χ4n) is 2.79. The number of carbonyl (C=O) groups is 1. The molecule has 7 nitrogen and oxygen atoms in total. The molecule has 0 unspecified atom stereocenters. The number of primary amides is 1. The average Bonchev–Trinajstić information content (AvgIpc) is 3.04. The summed E-state index contributed by atoms with van der Waals surface area (Å²) in [6.07, 6.45) is 0. The lowest BCUT2D eigenvalue weighted by Gasteiger charge is -2.24. The number of aromatic nitrogens is 3. The second-order valence-corrected chi connectivity index (χ2v) is 7.55. The van der Waals surface area contributed by atoms with Crippen LogP contribution in [0.3, 0.4) is 0 Å². The van der Waals surface area contributed by atoms with Gasteiger partial charge in [0.1, 0.15) is 18.9 Å². The summed E-state index contributed by atoms with van der Waals surface area (Å²) in [5.41, 5.74) is 6.17. The van der Waals surface area contributed by atoms with E-state index in [9.17, 15) is 9.18 Å². The molecule has 3 rings (SSSR count). The van der Waals surface area contributed by atoms with Crippen LogP contribution in [0, 0.1) is 5.82 Å². The zero-order chi connectivity index (χ0) is 18.5. The summed E-state index contributed by atoms with van der Waals surface area (Å²) in [6, 6.07) is 6.17. The van der Waals surface area contributed by atoms with Gasteiger partial charge in [-0.1, -0.05) is 11.8 Å². The Hall–Kier alpha value is -1.97. The summed E-state index contributed by atoms with van der Waals surface area (Å²) < 4.78 is 20.6. The van der Waals surface area contributed by atoms with Gasteiger partial charge in [-0.25, -0.2) is 4.39 Å². The molecule has 1 aromatic carbocycles. The van der Waals surface area contributed by atoms with Crippen LogP contribution in [0.15, 0.2) is 29.4 Å². The van der Waals surface area contributed by atoms with E-state index in [1.165, 1.54) is 28.8 Å². The van der Waals surface area contributed by atoms with Gasteiger partial charge in [0.2, 0.25) is 5.91 Å². The van der Waals surface area contributed by atoms with Crippen LogP contribution in [0.2, 0.25) is 0 Å². The van der Waals surface area contributed by atoms with E-state index in [0.717, 1.165) is 38.4 Å². The van der Waals surface area contributed by atoms with Crippen molar-refractivity contribution in [3.63, 3.8) is 0 Å². The molecule has 1 aliphatic rings. The highest BCUT2D eigenvalue weighted by Gasteiger charge is 2.21. The summed E-state index contributed by atoms with van der Waals surface area (Å²) in [7, 11) is 0. The summed E-state index contributed by atoms with van der Waals surface area (Å²) >= 11 is 1.29. The number of hydrogen-bond donors (Lipinski definition) is 2. The van der Waals surface area contributed by atoms with Gasteiger partial charge in [0.05, 0.1) is 31.6 Å². The molecule has 1 fully saturated rings. The molecule has 0 saturated carbocycles. The Morgan fingerprint density at radius 1 is 1.35 bits per heavy atom. The fraction of sp³-hybridized carbons (Fsp3) is 0.471. The lowest BCUT2D eigenvalue weighted by atomic mass is 10.2. The molecule has 0 spiro atoms. The van der Waals surface area contributed by atoms with Gasteiger partial charge in [0.15, 0.2) is 11.0 Å². The largest absolute Gasteiger partial charge is 0.370 e. The van der Waals surface area contributed by atoms with Crippen LogP contribution in [0.1, 0.15) is 6.92 Å². The van der Waals surface area contributed by atoms with Gasteiger partial charge in [0.25, 0.3) is 0 Å². The van der Waals surface area contributed by atoms with Crippen LogP contribution in [0.5, 0.6) is 0 Å². The number of nitrogens with zero attached hydrogens (tertiary/aromatic N) is 3. The lowest BCUT2D eigenvalue weighted by Crippen LogP contribution is -3.14. The number of carbonyl (C=O) groups excluding carboxylic acids is 1. The maximum absolute atomic E-state index is 13.2. The van der Waals surface area contributed by atoms with E-state index in [2.05, 4.69) is 10.2 Å². The number of nitrogens with two attached hydrogens (primary N) is 1. The van der Waals surface area contributed by atoms with E-state index in [0.29, 0.717) is 17.5 Å². The molecule has 1 aromatic heterocycles. The average molecular weight is 380 g/mol. The third-order valence-corrected chi connectivity index (χ3v) is 5.49. The summed E-state index contributed by atoms with van der Waals surface area (Å²) in [5, 5.41) is 8.75. The summed E-state index contributed by atoms with van der Waals surface area (Å²) in [6.45, 7) is 6.81. The van der Waals surface area contributed by atoms with Crippen molar-refractivity contribution < 1.29 is 18.8 Å². The Kier molecular flexibility index (Phi) is 6.23. The minimum atomic E-state index is -0.408. The molecular formula is C17H23FN5O2S+. The number of morpholine rings is 1. The molecule has 2 heterocycles. The number of thioether (sulfide) groups is 1. The quantitative estimate of drug-likeness (QED) is 0.659. The first-order valence-corrected chi connectivity index (χ1v) is 9.49. The van der Waals surface area contributed by atoms with Gasteiger partial charge in [-0.2, -0.15) is 0 Å². The third-order valence-electron chi connectivity index (χ3n) is 4.39. The number of quaternary nitrogens is 1. The third kappa shape index (κ3) is 4.60. The van der Waals surface area contributed by atoms with E-state index >= 15 is 0 Å². The number of ether oxygens (including phenoxy) is 1. The monoisotopic (exact) mass is 380 g/mol. The zero-order valence-electron chi connectivity index (χ0n) is 14.7. The molecule has 0 bridgehead atoms. The maximum Gasteiger partial charge on any atom is 0.230 e. The van der Waals surface area contributed by atoms with Crippen LogP contribution in [0.25, 0.3) is 11.4 Å². The Morgan fingerprint density at radius 2 is 2.04 bits per heavy atom. The lowest BCUT2D eigenvalue weighted by molar-refractivity contribution is -0.908. The van der Waals surface area contributed by atoms with Crippen molar-refractivity contribution in [2.24, 2.45) is 5.73 Å². The van der Waals surface area contributed by atoms with Crippen LogP contribution >= 0.6 is 11.8 Å². The van der Waals surface area contributed by atoms with Crippen LogP contribution < -0.4 is 10.6 Å². The van der Waals surface area contributed by atoms with Crippen molar-refractivity contribution in [3.05, 3.63) is 30.1 Å². The minimum absolute atomic E-state index is 0.297. The van der Waals surface area contributed by atoms with E-state index in [4.69, 9.17) is 10.5 Å². The number of amides is 1. The van der Waals surface area contributed by atoms with Crippen molar-refractivity contribution in [1.29, 1.82) is 0 Å². The standard InChI is InChI=1S/C17H22FN5O2S/c1-12(15(19)24)26-17-21-20-16(13-2-4-14(18)5-3-13)23(17)7-6-22-8-10-25-11-9-22/h2-5,12H,6-11H2,1H3,(H2,19,24)/p+1/t12-/m0/s1. The summed E-state index contributed by atoms with van der Waals surface area (Å²) in [4.78, 5) is 12.9. The van der Waals surface area contributed by atoms with Gasteiger partial charge in [-0.05, 0) is 31.2 Å². The molecule has 1 aliphatic heterocycles. The van der Waals surface area contributed by atoms with Crippen molar-refractivity contribution in [2.75, 3.05) is 32.8 Å². The molecule has 0 aliphatic carbocycles. The molecule has 140 valence electrons. The van der Waals surface area contributed by atoms with E-state index < -0.39 is 11.2 Å². The van der Waals surface area contributed by atoms with Gasteiger partial charge >= 0.3 is 0 Å². The number of nitrogens with one attached hydrogen (secondary N) is 1. The van der Waals surface area contributed by atoms with Crippen LogP contribution in [-0.2, 0) is 16.1 Å². The first-order valence-electron chi connectivity index (χ1n) is 8.61. The molecule has 9 heteroatoms. The SMILES string of the molecule is C[C@H](Sc1nnc(-c2ccc(F)cc2)n1CC[NH+]1CCOCC1)C(N)=O. The highest BCUT2D eigenvalue weighted by molar-refractivity contribution is 8.00. The van der Waals surface area contributed by atoms with Crippen LogP contribution in [0.4, 0.5) is 4.39 Å². The molecule has 0 radical (unpaired) electrons. The second-order valence-electron chi connectivity index (χ2n) is 6.24. The van der Waals surface area contributed by atoms with Crippen molar-refractivity contribution in [3.8, 4) is 11.4 Å². The first-order chi connectivity index (χ1) is 12.5. The Balaban J connectivity index is 1.84. The van der Waals surface area contributed by atoms with Gasteiger partial charge in [-0.15, -0.1) is 10.2 Å². The predicted molar refractivity (Wildman–Crippen MR) is 96.3 cm³/mol. The Bertz CT molecular complexity index is 746. The molecule has 2 aromatic rings.